The first-order valence-electron chi connectivity index (χ1n) is 7.01. The Kier molecular flexibility index (Phi) is 4.28. The molecule has 0 saturated heterocycles. The zero-order valence-electron chi connectivity index (χ0n) is 12.2. The summed E-state index contributed by atoms with van der Waals surface area (Å²) < 4.78 is 0.949. The predicted molar refractivity (Wildman–Crippen MR) is 85.1 cm³/mol. The number of carbonyl (C=O) groups is 1. The summed E-state index contributed by atoms with van der Waals surface area (Å²) in [7, 11) is 0. The fourth-order valence-electron chi connectivity index (χ4n) is 2.45. The highest BCUT2D eigenvalue weighted by atomic mass is 32.1. The number of carbonyl (C=O) groups excluding carboxylic acids is 1. The Labute approximate surface area is 123 Å². The highest BCUT2D eigenvalue weighted by molar-refractivity contribution is 7.21. The van der Waals surface area contributed by atoms with Crippen molar-refractivity contribution < 1.29 is 4.79 Å². The number of anilines is 1. The molecule has 0 spiro atoms. The summed E-state index contributed by atoms with van der Waals surface area (Å²) in [6.45, 7) is 6.31. The van der Waals surface area contributed by atoms with E-state index in [-0.39, 0.29) is 11.4 Å². The van der Waals surface area contributed by atoms with E-state index in [0.29, 0.717) is 10.6 Å². The number of nitrogens with zero attached hydrogens (tertiary/aromatic N) is 1. The largest absolute Gasteiger partial charge is 0.397 e. The van der Waals surface area contributed by atoms with E-state index in [1.54, 1.807) is 12.4 Å². The number of fused-ring (bicyclic) bond motifs is 1. The van der Waals surface area contributed by atoms with Crippen molar-refractivity contribution in [1.29, 1.82) is 0 Å². The first kappa shape index (κ1) is 14.8. The Morgan fingerprint density at radius 1 is 1.35 bits per heavy atom. The molecule has 0 aliphatic carbocycles. The van der Waals surface area contributed by atoms with E-state index >= 15 is 0 Å². The summed E-state index contributed by atoms with van der Waals surface area (Å²) in [6.07, 6.45) is 6.19. The van der Waals surface area contributed by atoms with Crippen LogP contribution in [0.5, 0.6) is 0 Å². The zero-order valence-corrected chi connectivity index (χ0v) is 13.0. The van der Waals surface area contributed by atoms with Crippen LogP contribution in [-0.4, -0.2) is 16.4 Å². The Hall–Kier alpha value is -1.62. The highest BCUT2D eigenvalue weighted by Crippen LogP contribution is 2.33. The summed E-state index contributed by atoms with van der Waals surface area (Å²) >= 11 is 1.40. The van der Waals surface area contributed by atoms with Gasteiger partial charge in [0.2, 0.25) is 0 Å². The average Bonchev–Trinajstić information content (AvgIpc) is 2.83. The Morgan fingerprint density at radius 2 is 2.00 bits per heavy atom. The van der Waals surface area contributed by atoms with Crippen LogP contribution in [0.25, 0.3) is 10.1 Å². The van der Waals surface area contributed by atoms with Crippen LogP contribution in [-0.2, 0) is 0 Å². The molecule has 4 nitrogen and oxygen atoms in total. The molecule has 2 heterocycles. The standard InChI is InChI=1S/C15H21N3OS/c1-4-15(5-2,6-3)18-14(19)13-12(16)10-7-8-17-9-11(10)20-13/h7-9H,4-6,16H2,1-3H3,(H,18,19). The number of pyridine rings is 1. The first-order valence-corrected chi connectivity index (χ1v) is 7.83. The van der Waals surface area contributed by atoms with Crippen molar-refractivity contribution in [2.75, 3.05) is 5.73 Å². The van der Waals surface area contributed by atoms with Crippen LogP contribution in [0, 0.1) is 0 Å². The molecular weight excluding hydrogens is 270 g/mol. The maximum absolute atomic E-state index is 12.5. The van der Waals surface area contributed by atoms with Crippen LogP contribution >= 0.6 is 11.3 Å². The molecule has 0 radical (unpaired) electrons. The molecule has 2 rings (SSSR count). The van der Waals surface area contributed by atoms with Gasteiger partial charge in [-0.3, -0.25) is 9.78 Å². The van der Waals surface area contributed by atoms with Gasteiger partial charge in [0.1, 0.15) is 4.88 Å². The molecule has 0 saturated carbocycles. The van der Waals surface area contributed by atoms with Crippen LogP contribution in [0.4, 0.5) is 5.69 Å². The van der Waals surface area contributed by atoms with Gasteiger partial charge in [0, 0.05) is 23.3 Å². The van der Waals surface area contributed by atoms with Gasteiger partial charge in [-0.15, -0.1) is 11.3 Å². The molecule has 0 atom stereocenters. The van der Waals surface area contributed by atoms with Gasteiger partial charge >= 0.3 is 0 Å². The van der Waals surface area contributed by atoms with Crippen molar-refractivity contribution in [1.82, 2.24) is 10.3 Å². The van der Waals surface area contributed by atoms with Gasteiger partial charge in [0.05, 0.1) is 10.4 Å². The smallest absolute Gasteiger partial charge is 0.263 e. The van der Waals surface area contributed by atoms with Crippen LogP contribution in [0.3, 0.4) is 0 Å². The van der Waals surface area contributed by atoms with Gasteiger partial charge in [-0.2, -0.15) is 0 Å². The number of aromatic nitrogens is 1. The van der Waals surface area contributed by atoms with Crippen LogP contribution in [0.1, 0.15) is 49.7 Å². The van der Waals surface area contributed by atoms with E-state index in [4.69, 9.17) is 5.73 Å². The molecule has 108 valence electrons. The van der Waals surface area contributed by atoms with E-state index in [0.717, 1.165) is 29.3 Å². The SMILES string of the molecule is CCC(CC)(CC)NC(=O)c1sc2cnccc2c1N. The molecule has 5 heteroatoms. The average molecular weight is 291 g/mol. The van der Waals surface area contributed by atoms with Gasteiger partial charge in [0.25, 0.3) is 5.91 Å². The zero-order chi connectivity index (χ0) is 14.8. The van der Waals surface area contributed by atoms with Crippen molar-refractivity contribution >= 4 is 33.0 Å². The van der Waals surface area contributed by atoms with Crippen molar-refractivity contribution in [2.24, 2.45) is 0 Å². The maximum Gasteiger partial charge on any atom is 0.263 e. The number of rotatable bonds is 5. The summed E-state index contributed by atoms with van der Waals surface area (Å²) in [5.74, 6) is -0.0748. The minimum atomic E-state index is -0.141. The summed E-state index contributed by atoms with van der Waals surface area (Å²) in [5, 5.41) is 4.08. The topological polar surface area (TPSA) is 68.0 Å². The van der Waals surface area contributed by atoms with Crippen molar-refractivity contribution in [3.05, 3.63) is 23.3 Å². The van der Waals surface area contributed by atoms with Gasteiger partial charge < -0.3 is 11.1 Å². The number of amides is 1. The molecule has 2 aromatic rings. The van der Waals surface area contributed by atoms with Gasteiger partial charge in [0.15, 0.2) is 0 Å². The number of thiophene rings is 1. The molecular formula is C15H21N3OS. The van der Waals surface area contributed by atoms with Crippen molar-refractivity contribution in [2.45, 2.75) is 45.6 Å². The first-order chi connectivity index (χ1) is 9.56. The van der Waals surface area contributed by atoms with Crippen molar-refractivity contribution in [3.8, 4) is 0 Å². The fraction of sp³-hybridized carbons (Fsp3) is 0.467. The lowest BCUT2D eigenvalue weighted by molar-refractivity contribution is 0.0893. The second kappa shape index (κ2) is 5.79. The molecule has 0 bridgehead atoms. The summed E-state index contributed by atoms with van der Waals surface area (Å²) in [4.78, 5) is 17.2. The van der Waals surface area contributed by atoms with Gasteiger partial charge in [-0.1, -0.05) is 20.8 Å². The summed E-state index contributed by atoms with van der Waals surface area (Å²) in [6, 6.07) is 1.85. The third-order valence-corrected chi connectivity index (χ3v) is 5.30. The molecule has 1 amide bonds. The third kappa shape index (κ3) is 2.50. The highest BCUT2D eigenvalue weighted by Gasteiger charge is 2.28. The van der Waals surface area contributed by atoms with E-state index in [9.17, 15) is 4.79 Å². The number of hydrogen-bond donors (Lipinski definition) is 2. The molecule has 0 aliphatic rings. The summed E-state index contributed by atoms with van der Waals surface area (Å²) in [5.41, 5.74) is 6.52. The lowest BCUT2D eigenvalue weighted by atomic mass is 9.89. The second-order valence-corrected chi connectivity index (χ2v) is 6.06. The number of nitrogen functional groups attached to an aromatic ring is 1. The predicted octanol–water partition coefficient (Wildman–Crippen LogP) is 3.58. The molecule has 0 fully saturated rings. The maximum atomic E-state index is 12.5. The van der Waals surface area contributed by atoms with Crippen LogP contribution in [0.2, 0.25) is 0 Å². The third-order valence-electron chi connectivity index (χ3n) is 4.15. The monoisotopic (exact) mass is 291 g/mol. The Bertz CT molecular complexity index is 608. The lowest BCUT2D eigenvalue weighted by Crippen LogP contribution is -2.47. The Morgan fingerprint density at radius 3 is 2.55 bits per heavy atom. The van der Waals surface area contributed by atoms with E-state index in [2.05, 4.69) is 31.1 Å². The minimum Gasteiger partial charge on any atom is -0.397 e. The molecule has 0 unspecified atom stereocenters. The van der Waals surface area contributed by atoms with Gasteiger partial charge in [-0.25, -0.2) is 0 Å². The Balaban J connectivity index is 2.34. The van der Waals surface area contributed by atoms with Gasteiger partial charge in [-0.05, 0) is 25.3 Å². The van der Waals surface area contributed by atoms with E-state index in [1.165, 1.54) is 11.3 Å². The van der Waals surface area contributed by atoms with E-state index in [1.807, 2.05) is 6.07 Å². The second-order valence-electron chi connectivity index (χ2n) is 5.01. The van der Waals surface area contributed by atoms with Crippen molar-refractivity contribution in [3.63, 3.8) is 0 Å². The quantitative estimate of drug-likeness (QED) is 0.884. The number of nitrogens with one attached hydrogen (secondary N) is 1. The number of hydrogen-bond acceptors (Lipinski definition) is 4. The molecule has 0 aliphatic heterocycles. The number of nitrogens with two attached hydrogens (primary N) is 1. The molecule has 20 heavy (non-hydrogen) atoms. The minimum absolute atomic E-state index is 0.0748. The normalized spacial score (nSPS) is 11.8. The fourth-order valence-corrected chi connectivity index (χ4v) is 3.44. The molecule has 2 aromatic heterocycles. The van der Waals surface area contributed by atoms with E-state index < -0.39 is 0 Å². The lowest BCUT2D eigenvalue weighted by Gasteiger charge is -2.31. The molecule has 0 aromatic carbocycles. The molecule has 3 N–H and O–H groups in total. The van der Waals surface area contributed by atoms with Crippen LogP contribution in [0.15, 0.2) is 18.5 Å². The van der Waals surface area contributed by atoms with Crippen LogP contribution < -0.4 is 11.1 Å².